The number of aliphatic imine (C=N–C) groups is 1. The van der Waals surface area contributed by atoms with Crippen LogP contribution in [0, 0.1) is 18.3 Å². The molecule has 4 nitrogen and oxygen atoms in total. The maximum atomic E-state index is 12.6. The zero-order valence-electron chi connectivity index (χ0n) is 15.3. The maximum absolute atomic E-state index is 12.6. The summed E-state index contributed by atoms with van der Waals surface area (Å²) in [6.45, 7) is 4.59. The molecule has 0 aliphatic carbocycles. The first-order valence-electron chi connectivity index (χ1n) is 8.35. The molecule has 0 fully saturated rings. The normalized spacial score (nSPS) is 11.4. The molecule has 0 heterocycles. The Hall–Kier alpha value is -3.01. The van der Waals surface area contributed by atoms with E-state index in [-0.39, 0.29) is 12.2 Å². The monoisotopic (exact) mass is 375 g/mol. The lowest BCUT2D eigenvalue weighted by Crippen LogP contribution is -2.18. The molecule has 7 heteroatoms. The average Bonchev–Trinajstić information content (AvgIpc) is 2.62. The van der Waals surface area contributed by atoms with Gasteiger partial charge in [-0.1, -0.05) is 18.2 Å². The molecule has 0 atom stereocenters. The molecule has 0 aliphatic heterocycles. The molecular formula is C20H20F3N3O. The highest BCUT2D eigenvalue weighted by Crippen LogP contribution is 2.31. The smallest absolute Gasteiger partial charge is 0.405 e. The second-order valence-electron chi connectivity index (χ2n) is 6.04. The summed E-state index contributed by atoms with van der Waals surface area (Å²) in [6.07, 6.45) is -2.91. The van der Waals surface area contributed by atoms with Crippen LogP contribution >= 0.6 is 0 Å². The number of hydrogen-bond donors (Lipinski definition) is 0. The number of halogens is 3. The van der Waals surface area contributed by atoms with Crippen LogP contribution in [-0.4, -0.2) is 31.2 Å². The summed E-state index contributed by atoms with van der Waals surface area (Å²) in [5, 5.41) is 9.29. The highest BCUT2D eigenvalue weighted by atomic mass is 19.4. The van der Waals surface area contributed by atoms with Crippen molar-refractivity contribution in [2.45, 2.75) is 26.6 Å². The topological polar surface area (TPSA) is 48.6 Å². The number of hydrogen-bond acceptors (Lipinski definition) is 3. The van der Waals surface area contributed by atoms with Gasteiger partial charge < -0.3 is 9.64 Å². The molecule has 2 rings (SSSR count). The molecule has 0 aromatic heterocycles. The molecular weight excluding hydrogens is 355 g/mol. The van der Waals surface area contributed by atoms with Crippen LogP contribution in [0.1, 0.15) is 29.2 Å². The van der Waals surface area contributed by atoms with Gasteiger partial charge >= 0.3 is 6.36 Å². The fraction of sp³-hybridized carbons (Fsp3) is 0.300. The Bertz CT molecular complexity index is 870. The number of alkyl halides is 3. The van der Waals surface area contributed by atoms with Crippen LogP contribution < -0.4 is 4.74 Å². The molecule has 0 N–H and O–H groups in total. The van der Waals surface area contributed by atoms with Crippen LogP contribution in [0.5, 0.6) is 5.75 Å². The third kappa shape index (κ3) is 5.74. The van der Waals surface area contributed by atoms with E-state index < -0.39 is 6.36 Å². The van der Waals surface area contributed by atoms with Gasteiger partial charge in [-0.25, -0.2) is 4.99 Å². The summed E-state index contributed by atoms with van der Waals surface area (Å²) in [7, 11) is 1.87. The van der Waals surface area contributed by atoms with E-state index in [0.29, 0.717) is 16.8 Å². The zero-order valence-corrected chi connectivity index (χ0v) is 15.3. The third-order valence-electron chi connectivity index (χ3n) is 4.09. The number of nitriles is 1. The average molecular weight is 375 g/mol. The quantitative estimate of drug-likeness (QED) is 0.529. The van der Waals surface area contributed by atoms with Crippen molar-refractivity contribution < 1.29 is 17.9 Å². The van der Waals surface area contributed by atoms with E-state index in [1.54, 1.807) is 30.6 Å². The lowest BCUT2D eigenvalue weighted by Gasteiger charge is -2.15. The van der Waals surface area contributed by atoms with Gasteiger partial charge in [-0.3, -0.25) is 0 Å². The SMILES string of the molecule is CCN(C)C=Nc1cc(C#N)cc(Cc2ccccc2OC(F)(F)F)c1C. The van der Waals surface area contributed by atoms with Gasteiger partial charge in [0.1, 0.15) is 5.75 Å². The van der Waals surface area contributed by atoms with Crippen LogP contribution in [0.2, 0.25) is 0 Å². The fourth-order valence-corrected chi connectivity index (χ4v) is 2.46. The Labute approximate surface area is 156 Å². The van der Waals surface area contributed by atoms with E-state index in [9.17, 15) is 18.4 Å². The number of nitrogens with zero attached hydrogens (tertiary/aromatic N) is 3. The van der Waals surface area contributed by atoms with Crippen LogP contribution in [0.3, 0.4) is 0 Å². The van der Waals surface area contributed by atoms with Gasteiger partial charge in [0, 0.05) is 20.0 Å². The van der Waals surface area contributed by atoms with Crippen LogP contribution in [0.4, 0.5) is 18.9 Å². The van der Waals surface area contributed by atoms with Crippen molar-refractivity contribution in [2.75, 3.05) is 13.6 Å². The number of benzene rings is 2. The molecule has 0 saturated carbocycles. The minimum Gasteiger partial charge on any atom is -0.405 e. The lowest BCUT2D eigenvalue weighted by molar-refractivity contribution is -0.274. The van der Waals surface area contributed by atoms with Gasteiger partial charge in [-0.2, -0.15) is 5.26 Å². The maximum Gasteiger partial charge on any atom is 0.573 e. The number of ether oxygens (including phenoxy) is 1. The van der Waals surface area contributed by atoms with Gasteiger partial charge in [0.2, 0.25) is 0 Å². The summed E-state index contributed by atoms with van der Waals surface area (Å²) < 4.78 is 42.1. The van der Waals surface area contributed by atoms with Crippen LogP contribution in [-0.2, 0) is 6.42 Å². The summed E-state index contributed by atoms with van der Waals surface area (Å²) >= 11 is 0. The molecule has 2 aromatic rings. The molecule has 27 heavy (non-hydrogen) atoms. The highest BCUT2D eigenvalue weighted by molar-refractivity contribution is 5.65. The van der Waals surface area contributed by atoms with E-state index in [1.807, 2.05) is 25.8 Å². The Balaban J connectivity index is 2.43. The van der Waals surface area contributed by atoms with E-state index >= 15 is 0 Å². The first kappa shape index (κ1) is 20.3. The molecule has 0 aliphatic rings. The van der Waals surface area contributed by atoms with Crippen molar-refractivity contribution in [3.05, 3.63) is 58.7 Å². The van der Waals surface area contributed by atoms with E-state index in [1.165, 1.54) is 12.1 Å². The Morgan fingerprint density at radius 1 is 1.22 bits per heavy atom. The van der Waals surface area contributed by atoms with Gasteiger partial charge in [-0.15, -0.1) is 13.2 Å². The number of rotatable bonds is 6. The minimum atomic E-state index is -4.76. The van der Waals surface area contributed by atoms with Gasteiger partial charge in [-0.05, 0) is 48.7 Å². The van der Waals surface area contributed by atoms with Crippen molar-refractivity contribution in [3.8, 4) is 11.8 Å². The molecule has 0 bridgehead atoms. The second kappa shape index (κ2) is 8.58. The van der Waals surface area contributed by atoms with Gasteiger partial charge in [0.25, 0.3) is 0 Å². The third-order valence-corrected chi connectivity index (χ3v) is 4.09. The van der Waals surface area contributed by atoms with Gasteiger partial charge in [0.05, 0.1) is 23.7 Å². The summed E-state index contributed by atoms with van der Waals surface area (Å²) in [6, 6.07) is 11.4. The van der Waals surface area contributed by atoms with Crippen LogP contribution in [0.15, 0.2) is 41.4 Å². The molecule has 0 radical (unpaired) electrons. The highest BCUT2D eigenvalue weighted by Gasteiger charge is 2.32. The predicted octanol–water partition coefficient (Wildman–Crippen LogP) is 4.97. The summed E-state index contributed by atoms with van der Waals surface area (Å²) in [5.41, 5.74) is 2.92. The molecule has 0 spiro atoms. The largest absolute Gasteiger partial charge is 0.573 e. The van der Waals surface area contributed by atoms with Crippen LogP contribution in [0.25, 0.3) is 0 Å². The standard InChI is InChI=1S/C20H20F3N3O/c1-4-26(3)13-25-18-10-15(12-24)9-17(14(18)2)11-16-7-5-6-8-19(16)27-20(21,22)23/h5-10,13H,4,11H2,1-3H3. The Kier molecular flexibility index (Phi) is 6.45. The zero-order chi connectivity index (χ0) is 20.0. The van der Waals surface area contributed by atoms with Gasteiger partial charge in [0.15, 0.2) is 0 Å². The molecule has 0 saturated heterocycles. The van der Waals surface area contributed by atoms with E-state index in [0.717, 1.165) is 17.7 Å². The lowest BCUT2D eigenvalue weighted by atomic mass is 9.96. The minimum absolute atomic E-state index is 0.194. The van der Waals surface area contributed by atoms with Crippen molar-refractivity contribution in [3.63, 3.8) is 0 Å². The molecule has 142 valence electrons. The number of para-hydroxylation sites is 1. The van der Waals surface area contributed by atoms with Crippen molar-refractivity contribution in [1.29, 1.82) is 5.26 Å². The van der Waals surface area contributed by atoms with E-state index in [2.05, 4.69) is 15.8 Å². The van der Waals surface area contributed by atoms with E-state index in [4.69, 9.17) is 0 Å². The van der Waals surface area contributed by atoms with Crippen molar-refractivity contribution >= 4 is 12.0 Å². The van der Waals surface area contributed by atoms with Crippen molar-refractivity contribution in [2.24, 2.45) is 4.99 Å². The molecule has 0 amide bonds. The van der Waals surface area contributed by atoms with Crippen molar-refractivity contribution in [1.82, 2.24) is 4.90 Å². The Morgan fingerprint density at radius 2 is 1.93 bits per heavy atom. The summed E-state index contributed by atoms with van der Waals surface area (Å²) in [5.74, 6) is -0.248. The fourth-order valence-electron chi connectivity index (χ4n) is 2.46. The first-order chi connectivity index (χ1) is 12.7. The first-order valence-corrected chi connectivity index (χ1v) is 8.35. The predicted molar refractivity (Wildman–Crippen MR) is 98.3 cm³/mol. The summed E-state index contributed by atoms with van der Waals surface area (Å²) in [4.78, 5) is 6.29. The second-order valence-corrected chi connectivity index (χ2v) is 6.04. The molecule has 0 unspecified atom stereocenters. The Morgan fingerprint density at radius 3 is 2.56 bits per heavy atom. The molecule has 2 aromatic carbocycles.